The zero-order valence-electron chi connectivity index (χ0n) is 10.9. The van der Waals surface area contributed by atoms with Crippen molar-refractivity contribution in [3.05, 3.63) is 58.9 Å². The summed E-state index contributed by atoms with van der Waals surface area (Å²) in [5, 5.41) is 10.3. The van der Waals surface area contributed by atoms with Crippen molar-refractivity contribution < 1.29 is 14.3 Å². The van der Waals surface area contributed by atoms with Crippen LogP contribution in [0.25, 0.3) is 22.2 Å². The second-order valence-corrected chi connectivity index (χ2v) is 5.10. The van der Waals surface area contributed by atoms with Gasteiger partial charge in [0, 0.05) is 10.9 Å². The highest BCUT2D eigenvalue weighted by atomic mass is 35.5. The van der Waals surface area contributed by atoms with E-state index in [2.05, 4.69) is 4.98 Å². The Kier molecular flexibility index (Phi) is 3.39. The van der Waals surface area contributed by atoms with E-state index in [9.17, 15) is 9.18 Å². The zero-order valence-corrected chi connectivity index (χ0v) is 11.6. The minimum absolute atomic E-state index is 0.204. The van der Waals surface area contributed by atoms with E-state index >= 15 is 0 Å². The van der Waals surface area contributed by atoms with Crippen LogP contribution < -0.4 is 0 Å². The molecule has 3 rings (SSSR count). The molecule has 2 N–H and O–H groups in total. The number of rotatable bonds is 3. The maximum absolute atomic E-state index is 14.0. The first-order valence-electron chi connectivity index (χ1n) is 6.33. The number of carboxylic acid groups (broad SMARTS) is 1. The summed E-state index contributed by atoms with van der Waals surface area (Å²) in [6.07, 6.45) is -0.204. The fourth-order valence-electron chi connectivity index (χ4n) is 2.47. The van der Waals surface area contributed by atoms with Crippen molar-refractivity contribution in [1.82, 2.24) is 4.98 Å². The van der Waals surface area contributed by atoms with Gasteiger partial charge >= 0.3 is 5.97 Å². The number of carbonyl (C=O) groups is 1. The van der Waals surface area contributed by atoms with Gasteiger partial charge in [-0.05, 0) is 23.8 Å². The van der Waals surface area contributed by atoms with Crippen molar-refractivity contribution in [2.75, 3.05) is 0 Å². The normalized spacial score (nSPS) is 11.0. The summed E-state index contributed by atoms with van der Waals surface area (Å²) in [4.78, 5) is 14.2. The maximum Gasteiger partial charge on any atom is 0.307 e. The molecule has 0 fully saturated rings. The molecule has 0 radical (unpaired) electrons. The van der Waals surface area contributed by atoms with Gasteiger partial charge in [0.1, 0.15) is 5.82 Å². The third kappa shape index (κ3) is 2.38. The molecular formula is C16H11ClFNO2. The zero-order chi connectivity index (χ0) is 15.0. The Bertz CT molecular complexity index is 841. The van der Waals surface area contributed by atoms with Crippen LogP contribution in [-0.4, -0.2) is 16.1 Å². The average molecular weight is 304 g/mol. The Morgan fingerprint density at radius 1 is 1.19 bits per heavy atom. The molecule has 1 aromatic heterocycles. The van der Waals surface area contributed by atoms with Gasteiger partial charge < -0.3 is 10.1 Å². The van der Waals surface area contributed by atoms with E-state index in [0.29, 0.717) is 32.7 Å². The SMILES string of the molecule is O=C(O)Cc1c(-c2ccccc2F)[nH]c2c(Cl)cccc12. The van der Waals surface area contributed by atoms with E-state index in [1.165, 1.54) is 6.07 Å². The highest BCUT2D eigenvalue weighted by Gasteiger charge is 2.18. The molecule has 0 unspecified atom stereocenters. The predicted molar refractivity (Wildman–Crippen MR) is 80.0 cm³/mol. The van der Waals surface area contributed by atoms with Crippen LogP contribution in [0.2, 0.25) is 5.02 Å². The van der Waals surface area contributed by atoms with Crippen LogP contribution in [0, 0.1) is 5.82 Å². The summed E-state index contributed by atoms with van der Waals surface area (Å²) >= 11 is 6.13. The molecule has 0 saturated carbocycles. The summed E-state index contributed by atoms with van der Waals surface area (Å²) in [5.41, 5.74) is 1.94. The number of halogens is 2. The minimum Gasteiger partial charge on any atom is -0.481 e. The average Bonchev–Trinajstić information content (AvgIpc) is 2.79. The Morgan fingerprint density at radius 2 is 1.95 bits per heavy atom. The first kappa shape index (κ1) is 13.6. The molecule has 3 aromatic rings. The molecule has 0 atom stereocenters. The molecule has 0 saturated heterocycles. The molecule has 0 amide bonds. The van der Waals surface area contributed by atoms with Crippen LogP contribution in [-0.2, 0) is 11.2 Å². The van der Waals surface area contributed by atoms with Crippen molar-refractivity contribution in [2.45, 2.75) is 6.42 Å². The van der Waals surface area contributed by atoms with E-state index < -0.39 is 11.8 Å². The van der Waals surface area contributed by atoms with E-state index in [1.807, 2.05) is 0 Å². The summed E-state index contributed by atoms with van der Waals surface area (Å²) in [7, 11) is 0. The monoisotopic (exact) mass is 303 g/mol. The van der Waals surface area contributed by atoms with E-state index in [-0.39, 0.29) is 6.42 Å². The first-order chi connectivity index (χ1) is 10.1. The quantitative estimate of drug-likeness (QED) is 0.760. The number of nitrogens with one attached hydrogen (secondary N) is 1. The minimum atomic E-state index is -0.978. The van der Waals surface area contributed by atoms with Gasteiger partial charge in [0.15, 0.2) is 0 Å². The summed E-state index contributed by atoms with van der Waals surface area (Å²) in [6, 6.07) is 11.5. The standard InChI is InChI=1S/C16H11ClFNO2/c17-12-6-3-5-9-11(8-14(20)21)15(19-16(9)12)10-4-1-2-7-13(10)18/h1-7,19H,8H2,(H,20,21). The van der Waals surface area contributed by atoms with E-state index in [0.717, 1.165) is 0 Å². The van der Waals surface area contributed by atoms with Crippen molar-refractivity contribution in [1.29, 1.82) is 0 Å². The third-order valence-corrected chi connectivity index (χ3v) is 3.68. The van der Waals surface area contributed by atoms with Gasteiger partial charge in [-0.15, -0.1) is 0 Å². The molecule has 0 spiro atoms. The number of para-hydroxylation sites is 1. The van der Waals surface area contributed by atoms with Gasteiger partial charge in [-0.1, -0.05) is 35.9 Å². The number of hydrogen-bond acceptors (Lipinski definition) is 1. The number of aromatic amines is 1. The molecule has 1 heterocycles. The maximum atomic E-state index is 14.0. The molecule has 3 nitrogen and oxygen atoms in total. The molecule has 0 aliphatic carbocycles. The lowest BCUT2D eigenvalue weighted by molar-refractivity contribution is -0.136. The molecule has 2 aromatic carbocycles. The molecule has 5 heteroatoms. The van der Waals surface area contributed by atoms with Crippen LogP contribution in [0.4, 0.5) is 4.39 Å². The van der Waals surface area contributed by atoms with Gasteiger partial charge in [-0.2, -0.15) is 0 Å². The van der Waals surface area contributed by atoms with Crippen molar-refractivity contribution in [2.24, 2.45) is 0 Å². The van der Waals surface area contributed by atoms with Crippen LogP contribution in [0.3, 0.4) is 0 Å². The van der Waals surface area contributed by atoms with Crippen LogP contribution in [0.15, 0.2) is 42.5 Å². The largest absolute Gasteiger partial charge is 0.481 e. The molecule has 0 aliphatic rings. The number of hydrogen-bond donors (Lipinski definition) is 2. The second kappa shape index (κ2) is 5.22. The molecule has 21 heavy (non-hydrogen) atoms. The summed E-state index contributed by atoms with van der Waals surface area (Å²) in [5.74, 6) is -1.39. The molecule has 106 valence electrons. The van der Waals surface area contributed by atoms with Crippen LogP contribution in [0.5, 0.6) is 0 Å². The highest BCUT2D eigenvalue weighted by molar-refractivity contribution is 6.35. The lowest BCUT2D eigenvalue weighted by atomic mass is 10.0. The summed E-state index contributed by atoms with van der Waals surface area (Å²) < 4.78 is 14.0. The van der Waals surface area contributed by atoms with Gasteiger partial charge in [-0.25, -0.2) is 4.39 Å². The van der Waals surface area contributed by atoms with Gasteiger partial charge in [0.2, 0.25) is 0 Å². The van der Waals surface area contributed by atoms with Gasteiger partial charge in [-0.3, -0.25) is 4.79 Å². The lowest BCUT2D eigenvalue weighted by Crippen LogP contribution is -2.01. The Morgan fingerprint density at radius 3 is 2.67 bits per heavy atom. The van der Waals surface area contributed by atoms with E-state index in [1.54, 1.807) is 36.4 Å². The summed E-state index contributed by atoms with van der Waals surface area (Å²) in [6.45, 7) is 0. The van der Waals surface area contributed by atoms with Crippen molar-refractivity contribution >= 4 is 28.5 Å². The highest BCUT2D eigenvalue weighted by Crippen LogP contribution is 2.35. The molecule has 0 aliphatic heterocycles. The third-order valence-electron chi connectivity index (χ3n) is 3.36. The fourth-order valence-corrected chi connectivity index (χ4v) is 2.69. The Hall–Kier alpha value is -2.33. The van der Waals surface area contributed by atoms with Crippen molar-refractivity contribution in [3.63, 3.8) is 0 Å². The lowest BCUT2D eigenvalue weighted by Gasteiger charge is -2.04. The van der Waals surface area contributed by atoms with Gasteiger partial charge in [0.05, 0.1) is 22.7 Å². The number of aliphatic carboxylic acids is 1. The van der Waals surface area contributed by atoms with Crippen molar-refractivity contribution in [3.8, 4) is 11.3 Å². The number of benzene rings is 2. The predicted octanol–water partition coefficient (Wildman–Crippen LogP) is 4.25. The topological polar surface area (TPSA) is 53.1 Å². The van der Waals surface area contributed by atoms with Crippen LogP contribution >= 0.6 is 11.6 Å². The Balaban J connectivity index is 2.33. The van der Waals surface area contributed by atoms with Gasteiger partial charge in [0.25, 0.3) is 0 Å². The number of fused-ring (bicyclic) bond motifs is 1. The second-order valence-electron chi connectivity index (χ2n) is 4.69. The number of aromatic nitrogens is 1. The smallest absolute Gasteiger partial charge is 0.307 e. The first-order valence-corrected chi connectivity index (χ1v) is 6.71. The number of carboxylic acids is 1. The Labute approximate surface area is 125 Å². The van der Waals surface area contributed by atoms with E-state index in [4.69, 9.17) is 16.7 Å². The molecular weight excluding hydrogens is 293 g/mol. The fraction of sp³-hybridized carbons (Fsp3) is 0.0625. The van der Waals surface area contributed by atoms with Crippen LogP contribution in [0.1, 0.15) is 5.56 Å². The number of H-pyrrole nitrogens is 1. The molecule has 0 bridgehead atoms.